The van der Waals surface area contributed by atoms with E-state index in [4.69, 9.17) is 4.42 Å². The van der Waals surface area contributed by atoms with Gasteiger partial charge in [-0.05, 0) is 24.3 Å². The molecule has 9 heteroatoms. The monoisotopic (exact) mass is 376 g/mol. The number of para-hydroxylation sites is 2. The minimum Gasteiger partial charge on any atom is -0.431 e. The van der Waals surface area contributed by atoms with Gasteiger partial charge in [0.15, 0.2) is 11.4 Å². The lowest BCUT2D eigenvalue weighted by Crippen LogP contribution is -2.15. The zero-order valence-corrected chi connectivity index (χ0v) is 14.7. The molecule has 0 saturated carbocycles. The van der Waals surface area contributed by atoms with Crippen LogP contribution in [0.1, 0.15) is 5.69 Å². The van der Waals surface area contributed by atoms with Gasteiger partial charge in [-0.3, -0.25) is 14.9 Å². The lowest BCUT2D eigenvalue weighted by Gasteiger charge is -1.97. The zero-order chi connectivity index (χ0) is 18.2. The Kier molecular flexibility index (Phi) is 3.72. The van der Waals surface area contributed by atoms with Crippen molar-refractivity contribution < 1.29 is 4.42 Å². The number of H-pyrrole nitrogens is 1. The SMILES string of the molecule is O=c1cc(CSc2nc3ccccc3o2)nc2nc(-c3cccnc3)[nH]n12. The summed E-state index contributed by atoms with van der Waals surface area (Å²) in [6.45, 7) is 0. The van der Waals surface area contributed by atoms with Crippen LogP contribution in [0.5, 0.6) is 0 Å². The number of fused-ring (bicyclic) bond motifs is 2. The number of hydrogen-bond acceptors (Lipinski definition) is 7. The Labute approximate surface area is 156 Å². The fraction of sp³-hybridized carbons (Fsp3) is 0.0556. The van der Waals surface area contributed by atoms with Crippen LogP contribution in [0.25, 0.3) is 28.3 Å². The summed E-state index contributed by atoms with van der Waals surface area (Å²) in [5, 5.41) is 3.49. The fourth-order valence-corrected chi connectivity index (χ4v) is 3.41. The third kappa shape index (κ3) is 2.97. The average molecular weight is 376 g/mol. The molecule has 1 aromatic carbocycles. The van der Waals surface area contributed by atoms with E-state index in [1.54, 1.807) is 18.5 Å². The Morgan fingerprint density at radius 1 is 1.11 bits per heavy atom. The van der Waals surface area contributed by atoms with E-state index >= 15 is 0 Å². The summed E-state index contributed by atoms with van der Waals surface area (Å²) < 4.78 is 7.00. The molecule has 0 saturated heterocycles. The molecule has 0 amide bonds. The zero-order valence-electron chi connectivity index (χ0n) is 13.9. The molecule has 8 nitrogen and oxygen atoms in total. The van der Waals surface area contributed by atoms with E-state index in [0.29, 0.717) is 28.3 Å². The van der Waals surface area contributed by atoms with Gasteiger partial charge in [0.05, 0.1) is 5.69 Å². The van der Waals surface area contributed by atoms with Crippen LogP contribution in [0.15, 0.2) is 69.3 Å². The second-order valence-electron chi connectivity index (χ2n) is 5.77. The maximum Gasteiger partial charge on any atom is 0.274 e. The molecular weight excluding hydrogens is 364 g/mol. The Morgan fingerprint density at radius 3 is 2.89 bits per heavy atom. The normalized spacial score (nSPS) is 11.4. The van der Waals surface area contributed by atoms with Crippen molar-refractivity contribution in [3.8, 4) is 11.4 Å². The van der Waals surface area contributed by atoms with E-state index < -0.39 is 0 Å². The van der Waals surface area contributed by atoms with Gasteiger partial charge in [0.1, 0.15) is 5.52 Å². The standard InChI is InChI=1S/C18H12N6O2S/c25-15-8-12(10-27-18-21-13-5-1-2-6-14(13)26-18)20-17-22-16(23-24(15)17)11-4-3-7-19-9-11/h1-9H,10H2,(H,20,22,23). The predicted octanol–water partition coefficient (Wildman–Crippen LogP) is 2.91. The highest BCUT2D eigenvalue weighted by Crippen LogP contribution is 2.25. The van der Waals surface area contributed by atoms with E-state index in [1.807, 2.05) is 30.3 Å². The van der Waals surface area contributed by atoms with Crippen molar-refractivity contribution in [3.05, 3.63) is 70.9 Å². The first-order valence-electron chi connectivity index (χ1n) is 8.14. The van der Waals surface area contributed by atoms with Crippen LogP contribution in [0.2, 0.25) is 0 Å². The summed E-state index contributed by atoms with van der Waals surface area (Å²) in [6.07, 6.45) is 3.35. The number of rotatable bonds is 4. The van der Waals surface area contributed by atoms with E-state index in [2.05, 4.69) is 25.0 Å². The Hall–Kier alpha value is -3.46. The molecule has 5 rings (SSSR count). The van der Waals surface area contributed by atoms with Crippen molar-refractivity contribution in [2.45, 2.75) is 11.0 Å². The Bertz CT molecular complexity index is 1270. The van der Waals surface area contributed by atoms with Gasteiger partial charge in [0.25, 0.3) is 16.6 Å². The molecule has 4 heterocycles. The molecule has 0 bridgehead atoms. The summed E-state index contributed by atoms with van der Waals surface area (Å²) in [4.78, 5) is 29.7. The number of benzene rings is 1. The van der Waals surface area contributed by atoms with E-state index in [1.165, 1.54) is 22.3 Å². The predicted molar refractivity (Wildman–Crippen MR) is 100 cm³/mol. The maximum atomic E-state index is 12.4. The molecule has 1 N–H and O–H groups in total. The highest BCUT2D eigenvalue weighted by Gasteiger charge is 2.11. The van der Waals surface area contributed by atoms with Gasteiger partial charge < -0.3 is 4.42 Å². The van der Waals surface area contributed by atoms with Gasteiger partial charge in [-0.1, -0.05) is 23.9 Å². The van der Waals surface area contributed by atoms with Gasteiger partial charge in [-0.2, -0.15) is 9.50 Å². The molecule has 4 aromatic heterocycles. The highest BCUT2D eigenvalue weighted by atomic mass is 32.2. The minimum absolute atomic E-state index is 0.226. The van der Waals surface area contributed by atoms with E-state index in [-0.39, 0.29) is 5.56 Å². The maximum absolute atomic E-state index is 12.4. The minimum atomic E-state index is -0.226. The van der Waals surface area contributed by atoms with Crippen LogP contribution in [0.3, 0.4) is 0 Å². The summed E-state index contributed by atoms with van der Waals surface area (Å²) in [5.41, 5.74) is 2.70. The van der Waals surface area contributed by atoms with Crippen molar-refractivity contribution >= 4 is 28.6 Å². The summed E-state index contributed by atoms with van der Waals surface area (Å²) in [5.74, 6) is 1.30. The molecule has 0 unspecified atom stereocenters. The van der Waals surface area contributed by atoms with Crippen LogP contribution >= 0.6 is 11.8 Å². The summed E-state index contributed by atoms with van der Waals surface area (Å²) in [7, 11) is 0. The number of pyridine rings is 1. The Balaban J connectivity index is 1.44. The fourth-order valence-electron chi connectivity index (χ4n) is 2.68. The van der Waals surface area contributed by atoms with Crippen molar-refractivity contribution in [1.82, 2.24) is 29.5 Å². The largest absolute Gasteiger partial charge is 0.431 e. The van der Waals surface area contributed by atoms with Crippen molar-refractivity contribution in [2.24, 2.45) is 0 Å². The number of hydrogen-bond donors (Lipinski definition) is 1. The topological polar surface area (TPSA) is 102 Å². The smallest absolute Gasteiger partial charge is 0.274 e. The number of nitrogens with zero attached hydrogens (tertiary/aromatic N) is 5. The van der Waals surface area contributed by atoms with Crippen LogP contribution in [0.4, 0.5) is 0 Å². The molecular formula is C18H12N6O2S. The third-order valence-corrected chi connectivity index (χ3v) is 4.80. The van der Waals surface area contributed by atoms with Crippen LogP contribution in [-0.2, 0) is 5.75 Å². The van der Waals surface area contributed by atoms with E-state index in [9.17, 15) is 4.79 Å². The first-order chi connectivity index (χ1) is 13.3. The summed E-state index contributed by atoms with van der Waals surface area (Å²) >= 11 is 1.38. The molecule has 0 atom stereocenters. The van der Waals surface area contributed by atoms with Crippen molar-refractivity contribution in [1.29, 1.82) is 0 Å². The molecule has 27 heavy (non-hydrogen) atoms. The second kappa shape index (κ2) is 6.36. The van der Waals surface area contributed by atoms with Crippen LogP contribution in [-0.4, -0.2) is 29.5 Å². The molecule has 0 aliphatic rings. The molecule has 0 aliphatic heterocycles. The molecule has 132 valence electrons. The number of nitrogens with one attached hydrogen (secondary N) is 1. The lowest BCUT2D eigenvalue weighted by molar-refractivity contribution is 0.489. The number of aromatic nitrogens is 6. The summed E-state index contributed by atoms with van der Waals surface area (Å²) in [6, 6.07) is 12.7. The molecule has 0 fully saturated rings. The van der Waals surface area contributed by atoms with Crippen molar-refractivity contribution in [3.63, 3.8) is 0 Å². The number of thioether (sulfide) groups is 1. The Morgan fingerprint density at radius 2 is 2.04 bits per heavy atom. The first kappa shape index (κ1) is 15.8. The lowest BCUT2D eigenvalue weighted by atomic mass is 10.3. The second-order valence-corrected chi connectivity index (χ2v) is 6.70. The quantitative estimate of drug-likeness (QED) is 0.481. The van der Waals surface area contributed by atoms with Crippen LogP contribution in [0, 0.1) is 0 Å². The van der Waals surface area contributed by atoms with Gasteiger partial charge in [-0.15, -0.1) is 0 Å². The third-order valence-electron chi connectivity index (χ3n) is 3.94. The first-order valence-corrected chi connectivity index (χ1v) is 9.12. The van der Waals surface area contributed by atoms with Crippen molar-refractivity contribution in [2.75, 3.05) is 0 Å². The molecule has 0 radical (unpaired) electrons. The number of oxazole rings is 1. The van der Waals surface area contributed by atoms with Gasteiger partial charge in [0.2, 0.25) is 0 Å². The molecule has 0 spiro atoms. The molecule has 5 aromatic rings. The average Bonchev–Trinajstić information content (AvgIpc) is 3.31. The highest BCUT2D eigenvalue weighted by molar-refractivity contribution is 7.98. The van der Waals surface area contributed by atoms with Gasteiger partial charge >= 0.3 is 0 Å². The van der Waals surface area contributed by atoms with E-state index in [0.717, 1.165) is 16.7 Å². The number of aromatic amines is 1. The van der Waals surface area contributed by atoms with Crippen LogP contribution < -0.4 is 5.56 Å². The van der Waals surface area contributed by atoms with Gasteiger partial charge in [-0.25, -0.2) is 9.97 Å². The van der Waals surface area contributed by atoms with Gasteiger partial charge in [0, 0.05) is 29.8 Å². The molecule has 0 aliphatic carbocycles.